The molecule has 0 aromatic heterocycles. The van der Waals surface area contributed by atoms with Crippen LogP contribution in [0.25, 0.3) is 0 Å². The number of aliphatic hydroxyl groups excluding tert-OH is 1. The molecule has 0 aromatic carbocycles. The molecule has 0 spiro atoms. The zero-order chi connectivity index (χ0) is 40.8. The Labute approximate surface area is 330 Å². The summed E-state index contributed by atoms with van der Waals surface area (Å²) in [5, 5.41) is 19.0. The van der Waals surface area contributed by atoms with Gasteiger partial charge in [-0.1, -0.05) is 151 Å². The number of carbonyl (C=O) groups excluding carboxylic acids is 2. The molecular formula is C42H70NO11P. The lowest BCUT2D eigenvalue weighted by atomic mass is 10.1. The van der Waals surface area contributed by atoms with Crippen molar-refractivity contribution in [3.05, 3.63) is 72.9 Å². The second-order valence-corrected chi connectivity index (χ2v) is 14.7. The molecular weight excluding hydrogens is 725 g/mol. The molecule has 0 amide bonds. The van der Waals surface area contributed by atoms with Crippen LogP contribution >= 0.6 is 7.82 Å². The van der Waals surface area contributed by atoms with Gasteiger partial charge >= 0.3 is 25.7 Å². The highest BCUT2D eigenvalue weighted by Crippen LogP contribution is 2.43. The summed E-state index contributed by atoms with van der Waals surface area (Å²) in [4.78, 5) is 45.8. The van der Waals surface area contributed by atoms with Gasteiger partial charge in [0.25, 0.3) is 0 Å². The number of esters is 2. The fraction of sp³-hybridized carbons (Fsp3) is 0.643. The third-order valence-electron chi connectivity index (χ3n) is 8.06. The highest BCUT2D eigenvalue weighted by Gasteiger charge is 2.28. The summed E-state index contributed by atoms with van der Waals surface area (Å²) >= 11 is 0. The lowest BCUT2D eigenvalue weighted by molar-refractivity contribution is -0.161. The van der Waals surface area contributed by atoms with Crippen molar-refractivity contribution in [1.82, 2.24) is 0 Å². The minimum atomic E-state index is -4.75. The van der Waals surface area contributed by atoms with Crippen LogP contribution < -0.4 is 5.73 Å². The molecule has 0 aromatic rings. The minimum absolute atomic E-state index is 0.0132. The average molecular weight is 796 g/mol. The van der Waals surface area contributed by atoms with Crippen LogP contribution in [0.4, 0.5) is 0 Å². The van der Waals surface area contributed by atoms with Gasteiger partial charge in [0.1, 0.15) is 12.6 Å². The van der Waals surface area contributed by atoms with Crippen LogP contribution in [0.2, 0.25) is 0 Å². The van der Waals surface area contributed by atoms with E-state index >= 15 is 0 Å². The second-order valence-electron chi connectivity index (χ2n) is 13.2. The molecule has 5 N–H and O–H groups in total. The van der Waals surface area contributed by atoms with Crippen molar-refractivity contribution >= 4 is 25.7 Å². The molecule has 0 heterocycles. The van der Waals surface area contributed by atoms with E-state index in [2.05, 4.69) is 54.8 Å². The number of hydrogen-bond acceptors (Lipinski definition) is 10. The summed E-state index contributed by atoms with van der Waals surface area (Å²) in [6.45, 7) is 2.47. The third-order valence-corrected chi connectivity index (χ3v) is 9.01. The van der Waals surface area contributed by atoms with E-state index in [1.165, 1.54) is 44.9 Å². The normalized spacial score (nSPS) is 15.1. The Hall–Kier alpha value is -3.12. The molecule has 314 valence electrons. The first kappa shape index (κ1) is 51.9. The number of aliphatic hydroxyl groups is 1. The predicted molar refractivity (Wildman–Crippen MR) is 218 cm³/mol. The van der Waals surface area contributed by atoms with Crippen molar-refractivity contribution in [2.24, 2.45) is 5.73 Å². The van der Waals surface area contributed by atoms with E-state index in [1.54, 1.807) is 24.3 Å². The predicted octanol–water partition coefficient (Wildman–Crippen LogP) is 9.14. The number of allylic oxidation sites excluding steroid dienone is 10. The topological polar surface area (TPSA) is 192 Å². The number of aliphatic carboxylic acids is 1. The zero-order valence-corrected chi connectivity index (χ0v) is 34.2. The third kappa shape index (κ3) is 36.3. The van der Waals surface area contributed by atoms with Crippen molar-refractivity contribution in [3.8, 4) is 0 Å². The number of hydrogen-bond donors (Lipinski definition) is 4. The largest absolute Gasteiger partial charge is 0.480 e. The van der Waals surface area contributed by atoms with Gasteiger partial charge < -0.3 is 30.3 Å². The highest BCUT2D eigenvalue weighted by atomic mass is 31.2. The Balaban J connectivity index is 4.62. The molecule has 0 aliphatic carbocycles. The molecule has 0 aliphatic rings. The first-order valence-corrected chi connectivity index (χ1v) is 21.6. The lowest BCUT2D eigenvalue weighted by Crippen LogP contribution is -2.34. The number of unbranched alkanes of at least 4 members (excludes halogenated alkanes) is 10. The van der Waals surface area contributed by atoms with Crippen molar-refractivity contribution in [2.75, 3.05) is 19.8 Å². The van der Waals surface area contributed by atoms with Crippen LogP contribution in [0, 0.1) is 0 Å². The van der Waals surface area contributed by atoms with E-state index in [0.717, 1.165) is 44.9 Å². The van der Waals surface area contributed by atoms with E-state index < -0.39 is 63.8 Å². The number of nitrogens with two attached hydrogens (primary N) is 1. The smallest absolute Gasteiger partial charge is 0.472 e. The Morgan fingerprint density at radius 1 is 0.673 bits per heavy atom. The summed E-state index contributed by atoms with van der Waals surface area (Å²) in [7, 11) is -4.75. The van der Waals surface area contributed by atoms with Gasteiger partial charge in [0.15, 0.2) is 6.10 Å². The fourth-order valence-corrected chi connectivity index (χ4v) is 5.66. The molecule has 55 heavy (non-hydrogen) atoms. The zero-order valence-electron chi connectivity index (χ0n) is 33.3. The summed E-state index contributed by atoms with van der Waals surface area (Å²) < 4.78 is 32.4. The van der Waals surface area contributed by atoms with Gasteiger partial charge in [-0.15, -0.1) is 0 Å². The Morgan fingerprint density at radius 2 is 1.24 bits per heavy atom. The highest BCUT2D eigenvalue weighted by molar-refractivity contribution is 7.47. The molecule has 0 fully saturated rings. The van der Waals surface area contributed by atoms with Gasteiger partial charge in [-0.3, -0.25) is 23.4 Å². The van der Waals surface area contributed by atoms with Gasteiger partial charge in [0.05, 0.1) is 19.3 Å². The number of phosphoric ester groups is 1. The van der Waals surface area contributed by atoms with Gasteiger partial charge in [0, 0.05) is 12.8 Å². The standard InChI is InChI=1S/C42H70NO11P/c1-3-5-7-9-11-13-15-16-18-19-21-23-26-30-37(44)31-27-25-29-32-40(45)51-34-38(35-52-55(49,50)53-36-39(43)42(47)48)54-41(46)33-28-24-22-20-17-14-12-10-8-6-4-2/h5,7,11,13,16,18,21,23,25-27,30,37-39,44H,3-4,6,8-10,12,14-15,17,19-20,22,24,28-29,31-36,43H2,1-2H3,(H,47,48)(H,49,50)/b7-5-,13-11-,18-16-,23-21-,27-25-,30-26-/t37?,38-,39+/m1/s1. The molecule has 0 bridgehead atoms. The van der Waals surface area contributed by atoms with Crippen LogP contribution in [-0.4, -0.2) is 71.1 Å². The van der Waals surface area contributed by atoms with Crippen molar-refractivity contribution in [3.63, 3.8) is 0 Å². The molecule has 4 atom stereocenters. The Kier molecular flexibility index (Phi) is 34.4. The van der Waals surface area contributed by atoms with Gasteiger partial charge in [-0.2, -0.15) is 0 Å². The molecule has 0 saturated carbocycles. The summed E-state index contributed by atoms with van der Waals surface area (Å²) in [6.07, 6.45) is 38.7. The molecule has 0 radical (unpaired) electrons. The van der Waals surface area contributed by atoms with Crippen LogP contribution in [0.15, 0.2) is 72.9 Å². The fourth-order valence-electron chi connectivity index (χ4n) is 4.88. The number of carboxylic acids is 1. The van der Waals surface area contributed by atoms with E-state index in [9.17, 15) is 28.9 Å². The maximum absolute atomic E-state index is 12.6. The Morgan fingerprint density at radius 3 is 1.84 bits per heavy atom. The molecule has 12 nitrogen and oxygen atoms in total. The summed E-state index contributed by atoms with van der Waals surface area (Å²) in [5.41, 5.74) is 5.31. The number of carbonyl (C=O) groups is 3. The minimum Gasteiger partial charge on any atom is -0.480 e. The monoisotopic (exact) mass is 795 g/mol. The van der Waals surface area contributed by atoms with Crippen molar-refractivity contribution in [1.29, 1.82) is 0 Å². The summed E-state index contributed by atoms with van der Waals surface area (Å²) in [5.74, 6) is -2.59. The van der Waals surface area contributed by atoms with E-state index in [-0.39, 0.29) is 12.8 Å². The van der Waals surface area contributed by atoms with E-state index in [4.69, 9.17) is 24.8 Å². The van der Waals surface area contributed by atoms with Crippen LogP contribution in [0.5, 0.6) is 0 Å². The van der Waals surface area contributed by atoms with Crippen LogP contribution in [0.1, 0.15) is 136 Å². The maximum atomic E-state index is 12.6. The molecule has 0 aliphatic heterocycles. The second kappa shape index (κ2) is 36.5. The van der Waals surface area contributed by atoms with Crippen LogP contribution in [-0.2, 0) is 37.5 Å². The van der Waals surface area contributed by atoms with Crippen LogP contribution in [0.3, 0.4) is 0 Å². The maximum Gasteiger partial charge on any atom is 0.472 e. The van der Waals surface area contributed by atoms with Gasteiger partial charge in [-0.25, -0.2) is 4.57 Å². The van der Waals surface area contributed by atoms with Gasteiger partial charge in [0.2, 0.25) is 0 Å². The first-order valence-electron chi connectivity index (χ1n) is 20.1. The number of carboxylic acid groups (broad SMARTS) is 1. The molecule has 0 rings (SSSR count). The average Bonchev–Trinajstić information content (AvgIpc) is 3.15. The van der Waals surface area contributed by atoms with Gasteiger partial charge in [-0.05, 0) is 44.9 Å². The molecule has 0 saturated heterocycles. The summed E-state index contributed by atoms with van der Waals surface area (Å²) in [6, 6.07) is -1.55. The SMILES string of the molecule is CC/C=C\C/C=C\C/C=C\C/C=C\C=C/C(O)C/C=C\CCC(=O)OC[C@H](COP(=O)(O)OC[C@H](N)C(=O)O)OC(=O)CCCCCCCCCCCCC. The lowest BCUT2D eigenvalue weighted by Gasteiger charge is -2.20. The number of rotatable bonds is 36. The van der Waals surface area contributed by atoms with E-state index in [0.29, 0.717) is 19.3 Å². The first-order chi connectivity index (χ1) is 26.5. The van der Waals surface area contributed by atoms with Crippen molar-refractivity contribution < 1.29 is 52.6 Å². The molecule has 2 unspecified atom stereocenters. The molecule has 13 heteroatoms. The quantitative estimate of drug-likeness (QED) is 0.0155. The number of ether oxygens (including phenoxy) is 2. The number of phosphoric acid groups is 1. The van der Waals surface area contributed by atoms with E-state index in [1.807, 2.05) is 12.2 Å². The Bertz CT molecular complexity index is 1230. The van der Waals surface area contributed by atoms with Crippen molar-refractivity contribution in [2.45, 2.75) is 154 Å².